The van der Waals surface area contributed by atoms with Crippen LogP contribution in [0.5, 0.6) is 0 Å². The third-order valence-electron chi connectivity index (χ3n) is 2.54. The largest absolute Gasteiger partial charge is 0.293 e. The van der Waals surface area contributed by atoms with Crippen molar-refractivity contribution in [2.75, 3.05) is 7.05 Å². The van der Waals surface area contributed by atoms with Crippen molar-refractivity contribution in [3.63, 3.8) is 0 Å². The smallest absolute Gasteiger partial charge is 0.272 e. The molecule has 0 aromatic heterocycles. The summed E-state index contributed by atoms with van der Waals surface area (Å²) in [5, 5.41) is 10.5. The van der Waals surface area contributed by atoms with Crippen LogP contribution in [0, 0.1) is 10.1 Å². The van der Waals surface area contributed by atoms with Crippen LogP contribution in [0.2, 0.25) is 10.0 Å². The number of likely N-dealkylation sites (N-methyl/N-ethyl adjacent to an activating group) is 1. The van der Waals surface area contributed by atoms with Crippen molar-refractivity contribution in [1.29, 1.82) is 0 Å². The Kier molecular flexibility index (Phi) is 4.03. The fraction of sp³-hybridized carbons (Fsp3) is 0.0909. The Labute approximate surface area is 127 Å². The summed E-state index contributed by atoms with van der Waals surface area (Å²) in [4.78, 5) is 34.4. The van der Waals surface area contributed by atoms with Crippen molar-refractivity contribution in [3.05, 3.63) is 42.8 Å². The van der Waals surface area contributed by atoms with Gasteiger partial charge in [0.2, 0.25) is 0 Å². The van der Waals surface area contributed by atoms with Crippen LogP contribution in [0.1, 0.15) is 5.56 Å². The highest BCUT2D eigenvalue weighted by molar-refractivity contribution is 8.18. The lowest BCUT2D eigenvalue weighted by molar-refractivity contribution is -0.384. The summed E-state index contributed by atoms with van der Waals surface area (Å²) in [6, 6.07) is 2.39. The predicted molar refractivity (Wildman–Crippen MR) is 76.9 cm³/mol. The number of carbonyl (C=O) groups is 2. The summed E-state index contributed by atoms with van der Waals surface area (Å²) in [5.74, 6) is -0.478. The summed E-state index contributed by atoms with van der Waals surface area (Å²) < 4.78 is 0. The number of imide groups is 1. The highest BCUT2D eigenvalue weighted by Crippen LogP contribution is 2.35. The quantitative estimate of drug-likeness (QED) is 0.469. The molecule has 1 aliphatic heterocycles. The van der Waals surface area contributed by atoms with Crippen LogP contribution in [0.15, 0.2) is 17.0 Å². The molecule has 0 aliphatic carbocycles. The Hall–Kier alpha value is -1.57. The van der Waals surface area contributed by atoms with Crippen molar-refractivity contribution < 1.29 is 14.5 Å². The van der Waals surface area contributed by atoms with Crippen LogP contribution < -0.4 is 0 Å². The number of amides is 2. The van der Waals surface area contributed by atoms with Crippen molar-refractivity contribution in [3.8, 4) is 0 Å². The molecule has 20 heavy (non-hydrogen) atoms. The molecular weight excluding hydrogens is 327 g/mol. The van der Waals surface area contributed by atoms with Gasteiger partial charge < -0.3 is 0 Å². The number of benzene rings is 1. The van der Waals surface area contributed by atoms with E-state index in [0.29, 0.717) is 0 Å². The normalized spacial score (nSPS) is 17.1. The second kappa shape index (κ2) is 5.43. The summed E-state index contributed by atoms with van der Waals surface area (Å²) in [5.41, 5.74) is -0.0697. The molecule has 2 amide bonds. The van der Waals surface area contributed by atoms with Crippen LogP contribution in [-0.2, 0) is 4.79 Å². The second-order valence-corrected chi connectivity index (χ2v) is 5.63. The zero-order valence-electron chi connectivity index (χ0n) is 9.92. The first-order valence-electron chi connectivity index (χ1n) is 5.16. The van der Waals surface area contributed by atoms with Gasteiger partial charge in [-0.15, -0.1) is 0 Å². The first kappa shape index (κ1) is 14.8. The molecule has 1 saturated heterocycles. The molecule has 0 atom stereocenters. The maximum Gasteiger partial charge on any atom is 0.293 e. The van der Waals surface area contributed by atoms with Crippen molar-refractivity contribution in [2.45, 2.75) is 0 Å². The maximum atomic E-state index is 11.7. The molecule has 1 heterocycles. The SMILES string of the molecule is CN1C(=O)S/C(=C\c2cc([N+](=O)[O-])c(Cl)cc2Cl)C1=O. The fourth-order valence-electron chi connectivity index (χ4n) is 1.49. The van der Waals surface area contributed by atoms with E-state index >= 15 is 0 Å². The van der Waals surface area contributed by atoms with E-state index in [1.54, 1.807) is 0 Å². The van der Waals surface area contributed by atoms with E-state index in [0.717, 1.165) is 22.7 Å². The molecule has 9 heteroatoms. The van der Waals surface area contributed by atoms with Gasteiger partial charge in [0.15, 0.2) is 0 Å². The topological polar surface area (TPSA) is 80.5 Å². The van der Waals surface area contributed by atoms with Gasteiger partial charge in [-0.3, -0.25) is 24.6 Å². The molecule has 1 aromatic rings. The number of nitro benzene ring substituents is 1. The minimum atomic E-state index is -0.651. The van der Waals surface area contributed by atoms with Gasteiger partial charge in [0, 0.05) is 23.7 Å². The molecule has 104 valence electrons. The Morgan fingerprint density at radius 1 is 1.30 bits per heavy atom. The van der Waals surface area contributed by atoms with Crippen LogP contribution >= 0.6 is 35.0 Å². The number of rotatable bonds is 2. The Morgan fingerprint density at radius 2 is 1.95 bits per heavy atom. The van der Waals surface area contributed by atoms with Gasteiger partial charge in [-0.2, -0.15) is 0 Å². The number of nitrogens with zero attached hydrogens (tertiary/aromatic N) is 2. The average Bonchev–Trinajstić information content (AvgIpc) is 2.60. The van der Waals surface area contributed by atoms with E-state index in [-0.39, 0.29) is 26.2 Å². The van der Waals surface area contributed by atoms with Crippen LogP contribution in [0.3, 0.4) is 0 Å². The van der Waals surface area contributed by atoms with Crippen LogP contribution in [0.25, 0.3) is 6.08 Å². The van der Waals surface area contributed by atoms with Crippen molar-refractivity contribution in [2.24, 2.45) is 0 Å². The molecule has 1 aliphatic rings. The van der Waals surface area contributed by atoms with E-state index in [9.17, 15) is 19.7 Å². The minimum absolute atomic E-state index is 0.0965. The van der Waals surface area contributed by atoms with E-state index in [1.807, 2.05) is 0 Å². The fourth-order valence-corrected chi connectivity index (χ4v) is 2.82. The molecule has 0 unspecified atom stereocenters. The highest BCUT2D eigenvalue weighted by atomic mass is 35.5. The highest BCUT2D eigenvalue weighted by Gasteiger charge is 2.32. The number of hydrogen-bond donors (Lipinski definition) is 0. The van der Waals surface area contributed by atoms with Crippen molar-refractivity contribution in [1.82, 2.24) is 4.90 Å². The Morgan fingerprint density at radius 3 is 2.45 bits per heavy atom. The lowest BCUT2D eigenvalue weighted by Gasteiger charge is -2.03. The monoisotopic (exact) mass is 332 g/mol. The van der Waals surface area contributed by atoms with Gasteiger partial charge in [0.25, 0.3) is 16.8 Å². The average molecular weight is 333 g/mol. The van der Waals surface area contributed by atoms with Crippen LogP contribution in [0.4, 0.5) is 10.5 Å². The minimum Gasteiger partial charge on any atom is -0.272 e. The molecule has 0 N–H and O–H groups in total. The Bertz CT molecular complexity index is 675. The second-order valence-electron chi connectivity index (χ2n) is 3.82. The van der Waals surface area contributed by atoms with E-state index in [2.05, 4.69) is 0 Å². The van der Waals surface area contributed by atoms with Gasteiger partial charge in [0.1, 0.15) is 5.02 Å². The third-order valence-corrected chi connectivity index (χ3v) is 4.13. The van der Waals surface area contributed by atoms with Crippen LogP contribution in [-0.4, -0.2) is 28.0 Å². The molecule has 1 aromatic carbocycles. The van der Waals surface area contributed by atoms with Gasteiger partial charge in [0.05, 0.1) is 9.83 Å². The molecule has 6 nitrogen and oxygen atoms in total. The summed E-state index contributed by atoms with van der Waals surface area (Å²) >= 11 is 12.4. The van der Waals surface area contributed by atoms with Gasteiger partial charge in [-0.25, -0.2) is 0 Å². The van der Waals surface area contributed by atoms with Gasteiger partial charge >= 0.3 is 0 Å². The molecule has 0 spiro atoms. The molecule has 0 saturated carbocycles. The predicted octanol–water partition coefficient (Wildman–Crippen LogP) is 3.57. The molecule has 2 rings (SSSR count). The van der Waals surface area contributed by atoms with E-state index in [4.69, 9.17) is 23.2 Å². The number of nitro groups is 1. The Balaban J connectivity index is 2.49. The lowest BCUT2D eigenvalue weighted by atomic mass is 10.2. The number of hydrogen-bond acceptors (Lipinski definition) is 5. The zero-order valence-corrected chi connectivity index (χ0v) is 12.3. The molecule has 1 fully saturated rings. The molecular formula is C11H6Cl2N2O4S. The van der Waals surface area contributed by atoms with Crippen molar-refractivity contribution >= 4 is 57.9 Å². The summed E-state index contributed by atoms with van der Waals surface area (Å²) in [7, 11) is 1.35. The molecule has 0 radical (unpaired) electrons. The van der Waals surface area contributed by atoms with E-state index in [1.165, 1.54) is 19.2 Å². The maximum absolute atomic E-state index is 11.7. The van der Waals surface area contributed by atoms with Gasteiger partial charge in [-0.05, 0) is 23.9 Å². The van der Waals surface area contributed by atoms with Gasteiger partial charge in [-0.1, -0.05) is 23.2 Å². The number of carbonyl (C=O) groups excluding carboxylic acids is 2. The third kappa shape index (κ3) is 2.65. The summed E-state index contributed by atoms with van der Waals surface area (Å²) in [6.45, 7) is 0. The first-order chi connectivity index (χ1) is 9.31. The number of halogens is 2. The standard InChI is InChI=1S/C11H6Cl2N2O4S/c1-14-10(16)9(20-11(14)17)3-5-2-8(15(18)19)7(13)4-6(5)12/h2-4H,1H3/b9-3-. The first-order valence-corrected chi connectivity index (χ1v) is 6.73. The van der Waals surface area contributed by atoms with E-state index < -0.39 is 16.1 Å². The number of thioether (sulfide) groups is 1. The summed E-state index contributed by atoms with van der Waals surface area (Å²) in [6.07, 6.45) is 1.33. The molecule has 0 bridgehead atoms. The lowest BCUT2D eigenvalue weighted by Crippen LogP contribution is -2.22. The zero-order chi connectivity index (χ0) is 15.0.